The van der Waals surface area contributed by atoms with Gasteiger partial charge < -0.3 is 9.84 Å². The van der Waals surface area contributed by atoms with Crippen LogP contribution in [0, 0.1) is 0 Å². The Kier molecular flexibility index (Phi) is 5.21. The summed E-state index contributed by atoms with van der Waals surface area (Å²) in [6.07, 6.45) is -15.3. The molecule has 3 nitrogen and oxygen atoms in total. The summed E-state index contributed by atoms with van der Waals surface area (Å²) in [5.74, 6) is -1.10. The number of hydrogen-bond donors (Lipinski definition) is 1. The van der Waals surface area contributed by atoms with Gasteiger partial charge in [0.05, 0.1) is 13.0 Å². The quantitative estimate of drug-likeness (QED) is 0.848. The highest BCUT2D eigenvalue weighted by atomic mass is 19.4. The van der Waals surface area contributed by atoms with Crippen LogP contribution < -0.4 is 0 Å². The van der Waals surface area contributed by atoms with E-state index in [1.165, 1.54) is 24.3 Å². The van der Waals surface area contributed by atoms with E-state index in [0.29, 0.717) is 5.56 Å². The summed E-state index contributed by atoms with van der Waals surface area (Å²) >= 11 is 0. The van der Waals surface area contributed by atoms with Gasteiger partial charge in [-0.05, 0) is 11.1 Å². The molecule has 0 heterocycles. The maximum Gasteiger partial charge on any atom is 0.423 e. The van der Waals surface area contributed by atoms with Gasteiger partial charge in [0, 0.05) is 0 Å². The number of carboxylic acids is 1. The normalized spacial score (nSPS) is 12.7. The summed E-state index contributed by atoms with van der Waals surface area (Å²) in [5, 5.41) is 8.52. The molecule has 0 aliphatic carbocycles. The third-order valence-electron chi connectivity index (χ3n) is 2.39. The lowest BCUT2D eigenvalue weighted by Crippen LogP contribution is -2.44. The molecule has 0 saturated heterocycles. The average molecular weight is 316 g/mol. The molecule has 0 amide bonds. The van der Waals surface area contributed by atoms with Crippen molar-refractivity contribution in [3.63, 3.8) is 0 Å². The summed E-state index contributed by atoms with van der Waals surface area (Å²) in [5.41, 5.74) is 0.442. The largest absolute Gasteiger partial charge is 0.481 e. The van der Waals surface area contributed by atoms with Crippen LogP contribution in [0.2, 0.25) is 0 Å². The van der Waals surface area contributed by atoms with Crippen molar-refractivity contribution in [3.8, 4) is 0 Å². The van der Waals surface area contributed by atoms with E-state index in [2.05, 4.69) is 4.74 Å². The van der Waals surface area contributed by atoms with Crippen molar-refractivity contribution in [1.29, 1.82) is 0 Å². The Hall–Kier alpha value is -1.77. The minimum Gasteiger partial charge on any atom is -0.481 e. The second-order valence-electron chi connectivity index (χ2n) is 4.16. The Morgan fingerprint density at radius 3 is 1.81 bits per heavy atom. The van der Waals surface area contributed by atoms with Crippen LogP contribution in [0.15, 0.2) is 24.3 Å². The molecule has 0 spiro atoms. The van der Waals surface area contributed by atoms with Gasteiger partial charge in [-0.3, -0.25) is 4.79 Å². The highest BCUT2D eigenvalue weighted by Crippen LogP contribution is 2.36. The number of alkyl halides is 6. The molecule has 1 N–H and O–H groups in total. The topological polar surface area (TPSA) is 46.5 Å². The SMILES string of the molecule is O=C(O)Cc1ccc(COC(C(F)(F)F)C(F)(F)F)cc1. The van der Waals surface area contributed by atoms with E-state index in [0.717, 1.165) is 0 Å². The molecule has 0 atom stereocenters. The second kappa shape index (κ2) is 6.33. The van der Waals surface area contributed by atoms with Gasteiger partial charge in [-0.2, -0.15) is 26.3 Å². The standard InChI is InChI=1S/C12H10F6O3/c13-11(14,15)10(12(16,17)18)21-6-8-3-1-7(2-4-8)5-9(19)20/h1-4,10H,5-6H2,(H,19,20). The molecule has 1 aromatic rings. The molecule has 1 rings (SSSR count). The second-order valence-corrected chi connectivity index (χ2v) is 4.16. The number of rotatable bonds is 5. The third kappa shape index (κ3) is 5.62. The predicted octanol–water partition coefficient (Wildman–Crippen LogP) is 3.32. The Morgan fingerprint density at radius 1 is 1.00 bits per heavy atom. The van der Waals surface area contributed by atoms with Crippen molar-refractivity contribution in [2.24, 2.45) is 0 Å². The van der Waals surface area contributed by atoms with E-state index >= 15 is 0 Å². The number of carbonyl (C=O) groups is 1. The van der Waals surface area contributed by atoms with Crippen LogP contribution in [-0.4, -0.2) is 29.5 Å². The highest BCUT2D eigenvalue weighted by Gasteiger charge is 2.57. The van der Waals surface area contributed by atoms with Gasteiger partial charge in [0.25, 0.3) is 0 Å². The molecule has 0 saturated carbocycles. The van der Waals surface area contributed by atoms with Gasteiger partial charge in [0.15, 0.2) is 0 Å². The van der Waals surface area contributed by atoms with E-state index in [1.54, 1.807) is 0 Å². The molecular weight excluding hydrogens is 306 g/mol. The average Bonchev–Trinajstić information content (AvgIpc) is 2.27. The van der Waals surface area contributed by atoms with Gasteiger partial charge >= 0.3 is 18.3 Å². The zero-order chi connectivity index (χ0) is 16.3. The van der Waals surface area contributed by atoms with E-state index < -0.39 is 31.0 Å². The van der Waals surface area contributed by atoms with Gasteiger partial charge in [0.2, 0.25) is 6.10 Å². The van der Waals surface area contributed by atoms with Crippen molar-refractivity contribution in [2.75, 3.05) is 0 Å². The molecule has 21 heavy (non-hydrogen) atoms. The minimum absolute atomic E-state index is 0.0719. The summed E-state index contributed by atoms with van der Waals surface area (Å²) in [6, 6.07) is 5.01. The Bertz CT molecular complexity index is 463. The highest BCUT2D eigenvalue weighted by molar-refractivity contribution is 5.70. The maximum absolute atomic E-state index is 12.2. The minimum atomic E-state index is -5.55. The van der Waals surface area contributed by atoms with Crippen molar-refractivity contribution in [3.05, 3.63) is 35.4 Å². The van der Waals surface area contributed by atoms with Gasteiger partial charge in [-0.25, -0.2) is 0 Å². The Balaban J connectivity index is 2.71. The van der Waals surface area contributed by atoms with Gasteiger partial charge in [-0.1, -0.05) is 24.3 Å². The molecule has 0 fully saturated rings. The van der Waals surface area contributed by atoms with Crippen LogP contribution in [0.1, 0.15) is 11.1 Å². The lowest BCUT2D eigenvalue weighted by molar-refractivity contribution is -0.324. The lowest BCUT2D eigenvalue weighted by atomic mass is 10.1. The zero-order valence-corrected chi connectivity index (χ0v) is 10.3. The number of aliphatic carboxylic acids is 1. The molecule has 0 aliphatic heterocycles. The molecule has 0 aromatic heterocycles. The molecule has 0 bridgehead atoms. The molecule has 0 aliphatic rings. The summed E-state index contributed by atoms with van der Waals surface area (Å²) in [7, 11) is 0. The first-order chi connectivity index (χ1) is 9.50. The van der Waals surface area contributed by atoms with Crippen LogP contribution in [0.4, 0.5) is 26.3 Å². The fourth-order valence-electron chi connectivity index (χ4n) is 1.48. The monoisotopic (exact) mass is 316 g/mol. The van der Waals surface area contributed by atoms with E-state index in [1.807, 2.05) is 0 Å². The van der Waals surface area contributed by atoms with Crippen LogP contribution in [0.5, 0.6) is 0 Å². The van der Waals surface area contributed by atoms with Crippen molar-refractivity contribution in [1.82, 2.24) is 0 Å². The van der Waals surface area contributed by atoms with Crippen LogP contribution in [0.25, 0.3) is 0 Å². The number of benzene rings is 1. The first-order valence-corrected chi connectivity index (χ1v) is 5.55. The molecular formula is C12H10F6O3. The first kappa shape index (κ1) is 17.3. The lowest BCUT2D eigenvalue weighted by Gasteiger charge is -2.23. The molecule has 9 heteroatoms. The van der Waals surface area contributed by atoms with Gasteiger partial charge in [-0.15, -0.1) is 0 Å². The number of ether oxygens (including phenoxy) is 1. The summed E-state index contributed by atoms with van der Waals surface area (Å²) in [6.45, 7) is -0.892. The Morgan fingerprint density at radius 2 is 1.43 bits per heavy atom. The van der Waals surface area contributed by atoms with Crippen LogP contribution in [0.3, 0.4) is 0 Å². The van der Waals surface area contributed by atoms with E-state index in [9.17, 15) is 31.1 Å². The first-order valence-electron chi connectivity index (χ1n) is 5.55. The van der Waals surface area contributed by atoms with E-state index in [4.69, 9.17) is 5.11 Å². The van der Waals surface area contributed by atoms with Crippen LogP contribution in [-0.2, 0) is 22.6 Å². The fraction of sp³-hybridized carbons (Fsp3) is 0.417. The molecule has 0 radical (unpaired) electrons. The molecule has 1 aromatic carbocycles. The maximum atomic E-state index is 12.2. The smallest absolute Gasteiger partial charge is 0.423 e. The van der Waals surface area contributed by atoms with Crippen molar-refractivity contribution < 1.29 is 41.0 Å². The summed E-state index contributed by atoms with van der Waals surface area (Å²) < 4.78 is 77.2. The Labute approximate surface area is 115 Å². The number of hydrogen-bond acceptors (Lipinski definition) is 2. The molecule has 0 unspecified atom stereocenters. The summed E-state index contributed by atoms with van der Waals surface area (Å²) in [4.78, 5) is 10.4. The van der Waals surface area contributed by atoms with E-state index in [-0.39, 0.29) is 12.0 Å². The van der Waals surface area contributed by atoms with Gasteiger partial charge in [0.1, 0.15) is 0 Å². The predicted molar refractivity (Wildman–Crippen MR) is 58.5 cm³/mol. The fourth-order valence-corrected chi connectivity index (χ4v) is 1.48. The zero-order valence-electron chi connectivity index (χ0n) is 10.3. The van der Waals surface area contributed by atoms with Crippen LogP contribution >= 0.6 is 0 Å². The van der Waals surface area contributed by atoms with Crippen molar-refractivity contribution >= 4 is 5.97 Å². The number of halogens is 6. The molecule has 118 valence electrons. The number of carboxylic acid groups (broad SMARTS) is 1. The third-order valence-corrected chi connectivity index (χ3v) is 2.39. The van der Waals surface area contributed by atoms with Crippen molar-refractivity contribution in [2.45, 2.75) is 31.5 Å².